The SMILES string of the molecule is CCCCCCN1C[C@@H](O)[C@H](n2cc(-c3ccc(F)cc3)nn2)C[C@H]1c1ccccc1. The number of β-amino-alcohol motifs (C(OH)–C–C–N with tert-alkyl or cyclic N) is 1. The summed E-state index contributed by atoms with van der Waals surface area (Å²) in [6.45, 7) is 3.82. The average Bonchev–Trinajstić information content (AvgIpc) is 3.28. The molecule has 2 heterocycles. The van der Waals surface area contributed by atoms with E-state index in [1.54, 1.807) is 16.8 Å². The van der Waals surface area contributed by atoms with E-state index in [0.29, 0.717) is 12.2 Å². The van der Waals surface area contributed by atoms with E-state index in [9.17, 15) is 9.50 Å². The van der Waals surface area contributed by atoms with Gasteiger partial charge in [-0.05, 0) is 49.2 Å². The molecule has 6 heteroatoms. The number of hydrogen-bond acceptors (Lipinski definition) is 4. The zero-order valence-electron chi connectivity index (χ0n) is 18.1. The Hall–Kier alpha value is -2.57. The molecule has 0 amide bonds. The molecule has 1 aliphatic rings. The molecule has 1 aromatic heterocycles. The van der Waals surface area contributed by atoms with Crippen molar-refractivity contribution >= 4 is 0 Å². The lowest BCUT2D eigenvalue weighted by Crippen LogP contribution is -2.46. The molecule has 1 N–H and O–H groups in total. The Labute approximate surface area is 183 Å². The van der Waals surface area contributed by atoms with Gasteiger partial charge in [0.1, 0.15) is 11.5 Å². The van der Waals surface area contributed by atoms with Crippen molar-refractivity contribution in [3.8, 4) is 11.3 Å². The maximum Gasteiger partial charge on any atom is 0.123 e. The molecule has 0 bridgehead atoms. The van der Waals surface area contributed by atoms with Gasteiger partial charge in [0.15, 0.2) is 0 Å². The van der Waals surface area contributed by atoms with Crippen molar-refractivity contribution in [3.63, 3.8) is 0 Å². The first kappa shape index (κ1) is 21.7. The fraction of sp³-hybridized carbons (Fsp3) is 0.440. The van der Waals surface area contributed by atoms with Crippen molar-refractivity contribution in [3.05, 3.63) is 72.2 Å². The van der Waals surface area contributed by atoms with E-state index >= 15 is 0 Å². The molecular weight excluding hydrogens is 391 g/mol. The van der Waals surface area contributed by atoms with E-state index in [1.165, 1.54) is 37.0 Å². The molecule has 0 saturated carbocycles. The summed E-state index contributed by atoms with van der Waals surface area (Å²) < 4.78 is 15.0. The summed E-state index contributed by atoms with van der Waals surface area (Å²) in [7, 11) is 0. The monoisotopic (exact) mass is 422 g/mol. The molecule has 3 atom stereocenters. The maximum atomic E-state index is 13.2. The van der Waals surface area contributed by atoms with E-state index in [0.717, 1.165) is 24.9 Å². The summed E-state index contributed by atoms with van der Waals surface area (Å²) in [4.78, 5) is 2.42. The summed E-state index contributed by atoms with van der Waals surface area (Å²) in [6, 6.07) is 16.9. The third-order valence-corrected chi connectivity index (χ3v) is 6.24. The highest BCUT2D eigenvalue weighted by Gasteiger charge is 2.36. The standard InChI is InChI=1S/C25H31FN4O/c1-2-3-4-8-15-29-18-25(31)24(16-23(29)20-9-6-5-7-10-20)30-17-22(27-28-30)19-11-13-21(26)14-12-19/h5-7,9-14,17,23-25,31H,2-4,8,15-16,18H2,1H3/t23-,24+,25+/m0/s1. The molecule has 3 aromatic rings. The molecule has 0 radical (unpaired) electrons. The Morgan fingerprint density at radius 2 is 1.81 bits per heavy atom. The molecule has 1 saturated heterocycles. The summed E-state index contributed by atoms with van der Waals surface area (Å²) >= 11 is 0. The summed E-state index contributed by atoms with van der Waals surface area (Å²) in [5, 5.41) is 19.6. The van der Waals surface area contributed by atoms with Crippen LogP contribution >= 0.6 is 0 Å². The molecule has 0 unspecified atom stereocenters. The van der Waals surface area contributed by atoms with Gasteiger partial charge in [0.25, 0.3) is 0 Å². The number of unbranched alkanes of at least 4 members (excludes halogenated alkanes) is 3. The van der Waals surface area contributed by atoms with E-state index in [1.807, 2.05) is 12.3 Å². The molecule has 0 spiro atoms. The lowest BCUT2D eigenvalue weighted by molar-refractivity contribution is -0.0102. The zero-order chi connectivity index (χ0) is 21.6. The van der Waals surface area contributed by atoms with Gasteiger partial charge in [0, 0.05) is 18.2 Å². The maximum absolute atomic E-state index is 13.2. The minimum atomic E-state index is -0.520. The van der Waals surface area contributed by atoms with E-state index in [4.69, 9.17) is 0 Å². The number of rotatable bonds is 8. The van der Waals surface area contributed by atoms with Crippen LogP contribution in [-0.2, 0) is 0 Å². The Balaban J connectivity index is 1.53. The highest BCUT2D eigenvalue weighted by Crippen LogP contribution is 2.37. The van der Waals surface area contributed by atoms with Crippen LogP contribution in [-0.4, -0.2) is 44.2 Å². The van der Waals surface area contributed by atoms with Gasteiger partial charge in [0.2, 0.25) is 0 Å². The van der Waals surface area contributed by atoms with Gasteiger partial charge in [-0.15, -0.1) is 5.10 Å². The second kappa shape index (κ2) is 10.2. The lowest BCUT2D eigenvalue weighted by Gasteiger charge is -2.42. The number of hydrogen-bond donors (Lipinski definition) is 1. The van der Waals surface area contributed by atoms with E-state index in [-0.39, 0.29) is 17.9 Å². The van der Waals surface area contributed by atoms with Crippen molar-refractivity contribution < 1.29 is 9.50 Å². The summed E-state index contributed by atoms with van der Waals surface area (Å²) in [6.07, 6.45) is 6.94. The number of aromatic nitrogens is 3. The third kappa shape index (κ3) is 5.20. The minimum absolute atomic E-state index is 0.154. The van der Waals surface area contributed by atoms with Crippen molar-refractivity contribution in [2.75, 3.05) is 13.1 Å². The Bertz CT molecular complexity index is 944. The molecule has 0 aliphatic carbocycles. The number of halogens is 1. The Morgan fingerprint density at radius 3 is 2.55 bits per heavy atom. The van der Waals surface area contributed by atoms with Crippen molar-refractivity contribution in [1.29, 1.82) is 0 Å². The highest BCUT2D eigenvalue weighted by molar-refractivity contribution is 5.57. The van der Waals surface area contributed by atoms with Crippen molar-refractivity contribution in [2.24, 2.45) is 0 Å². The van der Waals surface area contributed by atoms with Gasteiger partial charge < -0.3 is 5.11 Å². The molecule has 1 aliphatic heterocycles. The second-order valence-electron chi connectivity index (χ2n) is 8.44. The normalized spacial score (nSPS) is 22.0. The van der Waals surface area contributed by atoms with Gasteiger partial charge in [-0.25, -0.2) is 9.07 Å². The van der Waals surface area contributed by atoms with Gasteiger partial charge in [-0.1, -0.05) is 61.7 Å². The lowest BCUT2D eigenvalue weighted by atomic mass is 9.89. The van der Waals surface area contributed by atoms with Crippen molar-refractivity contribution in [2.45, 2.75) is 57.2 Å². The van der Waals surface area contributed by atoms with Crippen LogP contribution in [0.4, 0.5) is 4.39 Å². The molecule has 4 rings (SSSR count). The van der Waals surface area contributed by atoms with Crippen molar-refractivity contribution in [1.82, 2.24) is 19.9 Å². The third-order valence-electron chi connectivity index (χ3n) is 6.24. The number of piperidine rings is 1. The van der Waals surface area contributed by atoms with Crippen LogP contribution in [0, 0.1) is 5.82 Å². The Kier molecular flexibility index (Phi) is 7.10. The van der Waals surface area contributed by atoms with Crippen LogP contribution in [0.1, 0.15) is 56.7 Å². The first-order valence-electron chi connectivity index (χ1n) is 11.3. The molecular formula is C25H31FN4O. The van der Waals surface area contributed by atoms with E-state index < -0.39 is 6.10 Å². The molecule has 2 aromatic carbocycles. The highest BCUT2D eigenvalue weighted by atomic mass is 19.1. The zero-order valence-corrected chi connectivity index (χ0v) is 18.1. The van der Waals surface area contributed by atoms with E-state index in [2.05, 4.69) is 46.4 Å². The predicted molar refractivity (Wildman–Crippen MR) is 120 cm³/mol. The summed E-state index contributed by atoms with van der Waals surface area (Å²) in [5.41, 5.74) is 2.77. The number of nitrogens with zero attached hydrogens (tertiary/aromatic N) is 4. The van der Waals surface area contributed by atoms with Gasteiger partial charge in [-0.3, -0.25) is 4.90 Å². The molecule has 31 heavy (non-hydrogen) atoms. The minimum Gasteiger partial charge on any atom is -0.390 e. The smallest absolute Gasteiger partial charge is 0.123 e. The Morgan fingerprint density at radius 1 is 1.03 bits per heavy atom. The summed E-state index contributed by atoms with van der Waals surface area (Å²) in [5.74, 6) is -0.274. The number of aliphatic hydroxyl groups is 1. The van der Waals surface area contributed by atoms with Crippen LogP contribution < -0.4 is 0 Å². The average molecular weight is 423 g/mol. The molecule has 5 nitrogen and oxygen atoms in total. The van der Waals surface area contributed by atoms with Crippen LogP contribution in [0.25, 0.3) is 11.3 Å². The number of aliphatic hydroxyl groups excluding tert-OH is 1. The topological polar surface area (TPSA) is 54.2 Å². The molecule has 164 valence electrons. The first-order valence-corrected chi connectivity index (χ1v) is 11.3. The number of likely N-dealkylation sites (tertiary alicyclic amines) is 1. The fourth-order valence-corrected chi connectivity index (χ4v) is 4.51. The van der Waals surface area contributed by atoms with Crippen LogP contribution in [0.5, 0.6) is 0 Å². The van der Waals surface area contributed by atoms with Gasteiger partial charge in [-0.2, -0.15) is 0 Å². The first-order chi connectivity index (χ1) is 15.2. The second-order valence-corrected chi connectivity index (χ2v) is 8.44. The molecule has 1 fully saturated rings. The van der Waals surface area contributed by atoms with Crippen LogP contribution in [0.15, 0.2) is 60.8 Å². The number of benzene rings is 2. The van der Waals surface area contributed by atoms with Gasteiger partial charge >= 0.3 is 0 Å². The van der Waals surface area contributed by atoms with Gasteiger partial charge in [0.05, 0.1) is 18.3 Å². The fourth-order valence-electron chi connectivity index (χ4n) is 4.51. The quantitative estimate of drug-likeness (QED) is 0.518. The van der Waals surface area contributed by atoms with Crippen LogP contribution in [0.3, 0.4) is 0 Å². The predicted octanol–water partition coefficient (Wildman–Crippen LogP) is 5.01. The largest absolute Gasteiger partial charge is 0.390 e. The van der Waals surface area contributed by atoms with Crippen LogP contribution in [0.2, 0.25) is 0 Å².